The Morgan fingerprint density at radius 1 is 1.29 bits per heavy atom. The average Bonchev–Trinajstić information content (AvgIpc) is 2.40. The van der Waals surface area contributed by atoms with Crippen molar-refractivity contribution in [3.05, 3.63) is 35.4 Å². The third-order valence-corrected chi connectivity index (χ3v) is 3.06. The molecule has 0 aliphatic carbocycles. The summed E-state index contributed by atoms with van der Waals surface area (Å²) in [6.07, 6.45) is -0.164. The van der Waals surface area contributed by atoms with E-state index in [0.717, 1.165) is 12.1 Å². The summed E-state index contributed by atoms with van der Waals surface area (Å²) in [5, 5.41) is 11.4. The van der Waals surface area contributed by atoms with E-state index in [0.29, 0.717) is 0 Å². The third-order valence-electron chi connectivity index (χ3n) is 3.06. The van der Waals surface area contributed by atoms with E-state index in [1.807, 2.05) is 0 Å². The van der Waals surface area contributed by atoms with Crippen molar-refractivity contribution < 1.29 is 23.5 Å². The molecule has 0 aliphatic rings. The number of benzene rings is 1. The van der Waals surface area contributed by atoms with Gasteiger partial charge in [0.15, 0.2) is 11.6 Å². The van der Waals surface area contributed by atoms with Gasteiger partial charge in [0.1, 0.15) is 6.04 Å². The lowest BCUT2D eigenvalue weighted by atomic mass is 10.0. The number of hydrogen-bond acceptors (Lipinski definition) is 3. The maximum Gasteiger partial charge on any atom is 0.326 e. The van der Waals surface area contributed by atoms with Crippen molar-refractivity contribution >= 4 is 11.9 Å². The fourth-order valence-corrected chi connectivity index (χ4v) is 1.67. The van der Waals surface area contributed by atoms with Gasteiger partial charge in [0.2, 0.25) is 5.91 Å². The lowest BCUT2D eigenvalue weighted by Crippen LogP contribution is -2.51. The van der Waals surface area contributed by atoms with E-state index in [2.05, 4.69) is 5.32 Å². The molecule has 0 fully saturated rings. The lowest BCUT2D eigenvalue weighted by Gasteiger charge is -2.20. The number of halogens is 2. The van der Waals surface area contributed by atoms with E-state index < -0.39 is 35.6 Å². The molecule has 1 amide bonds. The molecule has 1 rings (SSSR count). The molecule has 0 aliphatic heterocycles. The standard InChI is InChI=1S/C14H18F2N2O3/c1-7(2)12(17)13(19)18-11(14(20)21)6-8-3-4-9(15)10(16)5-8/h3-5,7,11-12H,6,17H2,1-2H3,(H,18,19)(H,20,21)/t11?,12-/m0/s1. The maximum absolute atomic E-state index is 13.1. The van der Waals surface area contributed by atoms with Crippen molar-refractivity contribution in [1.29, 1.82) is 0 Å². The highest BCUT2D eigenvalue weighted by atomic mass is 19.2. The first kappa shape index (κ1) is 17.0. The maximum atomic E-state index is 13.1. The molecule has 5 nitrogen and oxygen atoms in total. The van der Waals surface area contributed by atoms with Crippen LogP contribution in [0.15, 0.2) is 18.2 Å². The number of rotatable bonds is 6. The summed E-state index contributed by atoms with van der Waals surface area (Å²) in [5.41, 5.74) is 5.89. The Morgan fingerprint density at radius 3 is 2.38 bits per heavy atom. The van der Waals surface area contributed by atoms with Crippen LogP contribution in [0, 0.1) is 17.6 Å². The number of nitrogens with two attached hydrogens (primary N) is 1. The fourth-order valence-electron chi connectivity index (χ4n) is 1.67. The van der Waals surface area contributed by atoms with Gasteiger partial charge in [0, 0.05) is 6.42 Å². The predicted molar refractivity (Wildman–Crippen MR) is 72.4 cm³/mol. The molecule has 0 saturated carbocycles. The van der Waals surface area contributed by atoms with Crippen LogP contribution in [-0.4, -0.2) is 29.1 Å². The van der Waals surface area contributed by atoms with Gasteiger partial charge in [-0.25, -0.2) is 13.6 Å². The predicted octanol–water partition coefficient (Wildman–Crippen LogP) is 1.06. The van der Waals surface area contributed by atoms with Crippen molar-refractivity contribution in [2.75, 3.05) is 0 Å². The molecule has 0 aromatic heterocycles. The number of aliphatic carboxylic acids is 1. The molecule has 2 atom stereocenters. The summed E-state index contributed by atoms with van der Waals surface area (Å²) < 4.78 is 25.9. The zero-order chi connectivity index (χ0) is 16.2. The molecular weight excluding hydrogens is 282 g/mol. The zero-order valence-electron chi connectivity index (χ0n) is 11.8. The van der Waals surface area contributed by atoms with E-state index in [1.165, 1.54) is 6.07 Å². The SMILES string of the molecule is CC(C)[C@H](N)C(=O)NC(Cc1ccc(F)c(F)c1)C(=O)O. The summed E-state index contributed by atoms with van der Waals surface area (Å²) in [7, 11) is 0. The molecular formula is C14H18F2N2O3. The van der Waals surface area contributed by atoms with Gasteiger partial charge in [0.05, 0.1) is 6.04 Å². The van der Waals surface area contributed by atoms with E-state index in [1.54, 1.807) is 13.8 Å². The molecule has 7 heteroatoms. The fraction of sp³-hybridized carbons (Fsp3) is 0.429. The quantitative estimate of drug-likeness (QED) is 0.732. The number of carboxylic acid groups (broad SMARTS) is 1. The van der Waals surface area contributed by atoms with Crippen molar-refractivity contribution in [2.24, 2.45) is 11.7 Å². The first-order valence-corrected chi connectivity index (χ1v) is 6.45. The van der Waals surface area contributed by atoms with Gasteiger partial charge in [0.25, 0.3) is 0 Å². The normalized spacial score (nSPS) is 13.8. The van der Waals surface area contributed by atoms with Gasteiger partial charge < -0.3 is 16.2 Å². The Labute approximate surface area is 121 Å². The van der Waals surface area contributed by atoms with Crippen LogP contribution in [-0.2, 0) is 16.0 Å². The van der Waals surface area contributed by atoms with Crippen molar-refractivity contribution in [3.8, 4) is 0 Å². The molecule has 0 spiro atoms. The molecule has 116 valence electrons. The van der Waals surface area contributed by atoms with Crippen LogP contribution in [0.1, 0.15) is 19.4 Å². The van der Waals surface area contributed by atoms with Gasteiger partial charge in [-0.3, -0.25) is 4.79 Å². The highest BCUT2D eigenvalue weighted by Crippen LogP contribution is 2.11. The summed E-state index contributed by atoms with van der Waals surface area (Å²) in [6, 6.07) is 0.984. The van der Waals surface area contributed by atoms with Crippen LogP contribution in [0.3, 0.4) is 0 Å². The Balaban J connectivity index is 2.81. The summed E-state index contributed by atoms with van der Waals surface area (Å²) >= 11 is 0. The molecule has 21 heavy (non-hydrogen) atoms. The van der Waals surface area contributed by atoms with E-state index in [4.69, 9.17) is 10.8 Å². The van der Waals surface area contributed by atoms with Crippen LogP contribution in [0.2, 0.25) is 0 Å². The Morgan fingerprint density at radius 2 is 1.90 bits per heavy atom. The number of carbonyl (C=O) groups is 2. The second-order valence-electron chi connectivity index (χ2n) is 5.12. The second kappa shape index (κ2) is 7.12. The number of hydrogen-bond donors (Lipinski definition) is 3. The Bertz CT molecular complexity index is 535. The summed E-state index contributed by atoms with van der Waals surface area (Å²) in [4.78, 5) is 22.9. The number of carbonyl (C=O) groups excluding carboxylic acids is 1. The minimum atomic E-state index is -1.27. The highest BCUT2D eigenvalue weighted by Gasteiger charge is 2.25. The van der Waals surface area contributed by atoms with Crippen LogP contribution in [0.25, 0.3) is 0 Å². The summed E-state index contributed by atoms with van der Waals surface area (Å²) in [6.45, 7) is 3.46. The molecule has 0 bridgehead atoms. The minimum absolute atomic E-state index is 0.150. The van der Waals surface area contributed by atoms with Crippen molar-refractivity contribution in [3.63, 3.8) is 0 Å². The van der Waals surface area contributed by atoms with Gasteiger partial charge in [-0.2, -0.15) is 0 Å². The third kappa shape index (κ3) is 4.78. The minimum Gasteiger partial charge on any atom is -0.480 e. The molecule has 4 N–H and O–H groups in total. The van der Waals surface area contributed by atoms with Gasteiger partial charge in [-0.05, 0) is 23.6 Å². The molecule has 1 aromatic carbocycles. The summed E-state index contributed by atoms with van der Waals surface area (Å²) in [5.74, 6) is -4.11. The average molecular weight is 300 g/mol. The van der Waals surface area contributed by atoms with Gasteiger partial charge in [-0.1, -0.05) is 19.9 Å². The van der Waals surface area contributed by atoms with Crippen molar-refractivity contribution in [2.45, 2.75) is 32.4 Å². The van der Waals surface area contributed by atoms with Crippen LogP contribution >= 0.6 is 0 Å². The second-order valence-corrected chi connectivity index (χ2v) is 5.12. The van der Waals surface area contributed by atoms with E-state index in [-0.39, 0.29) is 17.9 Å². The smallest absolute Gasteiger partial charge is 0.326 e. The van der Waals surface area contributed by atoms with Gasteiger partial charge in [-0.15, -0.1) is 0 Å². The molecule has 0 saturated heterocycles. The topological polar surface area (TPSA) is 92.4 Å². The number of amides is 1. The Kier molecular flexibility index (Phi) is 5.78. The molecule has 0 radical (unpaired) electrons. The monoisotopic (exact) mass is 300 g/mol. The molecule has 1 aromatic rings. The van der Waals surface area contributed by atoms with Crippen LogP contribution in [0.4, 0.5) is 8.78 Å². The van der Waals surface area contributed by atoms with E-state index >= 15 is 0 Å². The highest BCUT2D eigenvalue weighted by molar-refractivity contribution is 5.87. The van der Waals surface area contributed by atoms with Crippen molar-refractivity contribution in [1.82, 2.24) is 5.32 Å². The molecule has 1 unspecified atom stereocenters. The van der Waals surface area contributed by atoms with Gasteiger partial charge >= 0.3 is 5.97 Å². The zero-order valence-corrected chi connectivity index (χ0v) is 11.8. The number of carboxylic acids is 1. The Hall–Kier alpha value is -2.02. The van der Waals surface area contributed by atoms with Crippen LogP contribution < -0.4 is 11.1 Å². The largest absolute Gasteiger partial charge is 0.480 e. The lowest BCUT2D eigenvalue weighted by molar-refractivity contribution is -0.142. The number of nitrogens with one attached hydrogen (secondary N) is 1. The molecule has 0 heterocycles. The van der Waals surface area contributed by atoms with Crippen LogP contribution in [0.5, 0.6) is 0 Å². The first-order chi connectivity index (χ1) is 9.72. The first-order valence-electron chi connectivity index (χ1n) is 6.45. The van der Waals surface area contributed by atoms with E-state index in [9.17, 15) is 18.4 Å².